The van der Waals surface area contributed by atoms with E-state index in [9.17, 15) is 0 Å². The Kier molecular flexibility index (Phi) is 4.29. The lowest BCUT2D eigenvalue weighted by atomic mass is 10.1. The molecule has 1 aliphatic carbocycles. The predicted molar refractivity (Wildman–Crippen MR) is 104 cm³/mol. The van der Waals surface area contributed by atoms with E-state index >= 15 is 0 Å². The SMILES string of the molecule is Cc1ccc(-c2nnc(Sc3nc(C4CC4)ns3)n2Cc2ccco2)cc1. The van der Waals surface area contributed by atoms with E-state index in [1.807, 2.05) is 12.1 Å². The van der Waals surface area contributed by atoms with Crippen molar-refractivity contribution in [2.75, 3.05) is 0 Å². The van der Waals surface area contributed by atoms with Crippen LogP contribution in [-0.4, -0.2) is 24.1 Å². The van der Waals surface area contributed by atoms with Crippen molar-refractivity contribution >= 4 is 23.3 Å². The van der Waals surface area contributed by atoms with Gasteiger partial charge in [0, 0.05) is 11.5 Å². The van der Waals surface area contributed by atoms with Crippen LogP contribution < -0.4 is 0 Å². The molecular weight excluding hydrogens is 378 g/mol. The third-order valence-corrected chi connectivity index (χ3v) is 6.21. The van der Waals surface area contributed by atoms with Gasteiger partial charge in [0.15, 0.2) is 15.3 Å². The van der Waals surface area contributed by atoms with E-state index in [1.165, 1.54) is 41.7 Å². The number of furan rings is 1. The molecule has 4 aromatic rings. The van der Waals surface area contributed by atoms with Crippen molar-refractivity contribution in [3.8, 4) is 11.4 Å². The van der Waals surface area contributed by atoms with Crippen molar-refractivity contribution in [1.82, 2.24) is 24.1 Å². The van der Waals surface area contributed by atoms with Crippen molar-refractivity contribution in [3.63, 3.8) is 0 Å². The first-order chi connectivity index (χ1) is 13.3. The molecule has 0 N–H and O–H groups in total. The number of benzene rings is 1. The molecule has 1 fully saturated rings. The lowest BCUT2D eigenvalue weighted by Gasteiger charge is -2.08. The van der Waals surface area contributed by atoms with Gasteiger partial charge in [-0.3, -0.25) is 4.57 Å². The first-order valence-corrected chi connectivity index (χ1v) is 10.4. The molecule has 0 radical (unpaired) electrons. The van der Waals surface area contributed by atoms with E-state index in [0.29, 0.717) is 12.5 Å². The second kappa shape index (κ2) is 6.94. The zero-order valence-electron chi connectivity index (χ0n) is 14.7. The minimum atomic E-state index is 0.555. The van der Waals surface area contributed by atoms with Gasteiger partial charge < -0.3 is 4.42 Å². The molecule has 0 spiro atoms. The Hall–Kier alpha value is -2.45. The maximum absolute atomic E-state index is 5.55. The van der Waals surface area contributed by atoms with E-state index in [2.05, 4.69) is 55.3 Å². The second-order valence-corrected chi connectivity index (χ2v) is 8.60. The maximum Gasteiger partial charge on any atom is 0.199 e. The van der Waals surface area contributed by atoms with Gasteiger partial charge in [0.25, 0.3) is 0 Å². The van der Waals surface area contributed by atoms with Crippen LogP contribution in [-0.2, 0) is 6.54 Å². The summed E-state index contributed by atoms with van der Waals surface area (Å²) in [7, 11) is 0. The smallest absolute Gasteiger partial charge is 0.199 e. The van der Waals surface area contributed by atoms with Gasteiger partial charge in [-0.1, -0.05) is 29.8 Å². The summed E-state index contributed by atoms with van der Waals surface area (Å²) in [5.41, 5.74) is 2.24. The van der Waals surface area contributed by atoms with Crippen LogP contribution in [0.2, 0.25) is 0 Å². The van der Waals surface area contributed by atoms with E-state index in [-0.39, 0.29) is 0 Å². The number of hydrogen-bond acceptors (Lipinski definition) is 7. The molecule has 0 unspecified atom stereocenters. The summed E-state index contributed by atoms with van der Waals surface area (Å²) in [6, 6.07) is 12.2. The Balaban J connectivity index is 1.50. The molecule has 1 aliphatic rings. The Morgan fingerprint density at radius 2 is 2.04 bits per heavy atom. The zero-order chi connectivity index (χ0) is 18.2. The summed E-state index contributed by atoms with van der Waals surface area (Å²) in [6.07, 6.45) is 4.09. The van der Waals surface area contributed by atoms with Crippen LogP contribution in [0.5, 0.6) is 0 Å². The molecule has 8 heteroatoms. The molecule has 0 aliphatic heterocycles. The first kappa shape index (κ1) is 16.7. The summed E-state index contributed by atoms with van der Waals surface area (Å²) < 4.78 is 13.0. The van der Waals surface area contributed by atoms with Gasteiger partial charge in [-0.05, 0) is 55.2 Å². The fourth-order valence-electron chi connectivity index (χ4n) is 2.83. The average Bonchev–Trinajstić information content (AvgIpc) is 3.07. The molecule has 0 atom stereocenters. The Labute approximate surface area is 164 Å². The number of aromatic nitrogens is 5. The number of nitrogens with zero attached hydrogens (tertiary/aromatic N) is 5. The normalized spacial score (nSPS) is 14.0. The van der Waals surface area contributed by atoms with Gasteiger partial charge in [-0.2, -0.15) is 4.37 Å². The van der Waals surface area contributed by atoms with E-state index in [0.717, 1.165) is 32.5 Å². The highest BCUT2D eigenvalue weighted by atomic mass is 32.2. The molecule has 1 aromatic carbocycles. The fraction of sp³-hybridized carbons (Fsp3) is 0.263. The minimum absolute atomic E-state index is 0.555. The van der Waals surface area contributed by atoms with Crippen molar-refractivity contribution < 1.29 is 4.42 Å². The average molecular weight is 396 g/mol. The summed E-state index contributed by atoms with van der Waals surface area (Å²) in [5, 5.41) is 9.68. The third kappa shape index (κ3) is 3.54. The maximum atomic E-state index is 5.55. The van der Waals surface area contributed by atoms with Gasteiger partial charge in [-0.15, -0.1) is 10.2 Å². The summed E-state index contributed by atoms with van der Waals surface area (Å²) in [4.78, 5) is 4.67. The molecule has 0 bridgehead atoms. The van der Waals surface area contributed by atoms with Gasteiger partial charge in [-0.25, -0.2) is 4.98 Å². The highest BCUT2D eigenvalue weighted by Gasteiger charge is 2.28. The second-order valence-electron chi connectivity index (χ2n) is 6.63. The van der Waals surface area contributed by atoms with Crippen molar-refractivity contribution in [2.45, 2.75) is 41.7 Å². The van der Waals surface area contributed by atoms with Gasteiger partial charge in [0.1, 0.15) is 11.6 Å². The Morgan fingerprint density at radius 3 is 2.78 bits per heavy atom. The van der Waals surface area contributed by atoms with Crippen molar-refractivity contribution in [1.29, 1.82) is 0 Å². The quantitative estimate of drug-likeness (QED) is 0.468. The lowest BCUT2D eigenvalue weighted by Crippen LogP contribution is -2.03. The van der Waals surface area contributed by atoms with Crippen molar-refractivity contribution in [2.24, 2.45) is 0 Å². The largest absolute Gasteiger partial charge is 0.467 e. The molecule has 6 nitrogen and oxygen atoms in total. The molecule has 3 heterocycles. The number of aryl methyl sites for hydroxylation is 1. The van der Waals surface area contributed by atoms with Crippen LogP contribution in [0.1, 0.15) is 35.9 Å². The molecule has 0 saturated heterocycles. The molecule has 136 valence electrons. The van der Waals surface area contributed by atoms with Crippen LogP contribution >= 0.6 is 23.3 Å². The van der Waals surface area contributed by atoms with Gasteiger partial charge in [0.2, 0.25) is 0 Å². The topological polar surface area (TPSA) is 69.6 Å². The zero-order valence-corrected chi connectivity index (χ0v) is 16.3. The van der Waals surface area contributed by atoms with E-state index < -0.39 is 0 Å². The summed E-state index contributed by atoms with van der Waals surface area (Å²) in [5.74, 6) is 3.21. The monoisotopic (exact) mass is 395 g/mol. The van der Waals surface area contributed by atoms with Crippen LogP contribution in [0.25, 0.3) is 11.4 Å². The van der Waals surface area contributed by atoms with Crippen LogP contribution in [0.3, 0.4) is 0 Å². The van der Waals surface area contributed by atoms with Gasteiger partial charge in [0.05, 0.1) is 12.8 Å². The fourth-order valence-corrected chi connectivity index (χ4v) is 4.45. The van der Waals surface area contributed by atoms with Crippen molar-refractivity contribution in [3.05, 3.63) is 59.8 Å². The highest BCUT2D eigenvalue weighted by molar-refractivity contribution is 8.00. The molecule has 0 amide bonds. The van der Waals surface area contributed by atoms with E-state index in [1.54, 1.807) is 6.26 Å². The predicted octanol–water partition coefficient (Wildman–Crippen LogP) is 4.77. The summed E-state index contributed by atoms with van der Waals surface area (Å²) in [6.45, 7) is 2.64. The first-order valence-electron chi connectivity index (χ1n) is 8.80. The Bertz CT molecular complexity index is 1050. The third-order valence-electron chi connectivity index (χ3n) is 4.46. The molecule has 1 saturated carbocycles. The van der Waals surface area contributed by atoms with Crippen LogP contribution in [0.4, 0.5) is 0 Å². The number of rotatable bonds is 6. The highest BCUT2D eigenvalue weighted by Crippen LogP contribution is 2.40. The number of hydrogen-bond donors (Lipinski definition) is 0. The van der Waals surface area contributed by atoms with Gasteiger partial charge >= 0.3 is 0 Å². The lowest BCUT2D eigenvalue weighted by molar-refractivity contribution is 0.485. The van der Waals surface area contributed by atoms with Crippen LogP contribution in [0.15, 0.2) is 56.6 Å². The minimum Gasteiger partial charge on any atom is -0.467 e. The molecule has 5 rings (SSSR count). The van der Waals surface area contributed by atoms with Crippen LogP contribution in [0, 0.1) is 6.92 Å². The summed E-state index contributed by atoms with van der Waals surface area (Å²) >= 11 is 2.95. The molecule has 3 aromatic heterocycles. The standard InChI is InChI=1S/C19H17N5OS2/c1-12-4-6-14(7-5-12)17-21-22-18(24(17)11-15-3-2-10-25-15)26-19-20-16(23-27-19)13-8-9-13/h2-7,10,13H,8-9,11H2,1H3. The Morgan fingerprint density at radius 1 is 1.19 bits per heavy atom. The van der Waals surface area contributed by atoms with E-state index in [4.69, 9.17) is 4.42 Å². The molecular formula is C19H17N5OS2. The molecule has 27 heavy (non-hydrogen) atoms.